The van der Waals surface area contributed by atoms with Gasteiger partial charge in [-0.3, -0.25) is 0 Å². The summed E-state index contributed by atoms with van der Waals surface area (Å²) in [5.41, 5.74) is 0. The van der Waals surface area contributed by atoms with Crippen LogP contribution in [0.1, 0.15) is 38.4 Å². The van der Waals surface area contributed by atoms with Crippen LogP contribution in [-0.2, 0) is 13.6 Å². The normalized spacial score (nSPS) is 25.1. The van der Waals surface area contributed by atoms with Crippen LogP contribution in [0, 0.1) is 0 Å². The van der Waals surface area contributed by atoms with E-state index < -0.39 is 0 Å². The molecule has 0 aliphatic heterocycles. The summed E-state index contributed by atoms with van der Waals surface area (Å²) in [4.78, 5) is 4.36. The summed E-state index contributed by atoms with van der Waals surface area (Å²) in [6, 6.07) is 0.672. The third-order valence-corrected chi connectivity index (χ3v) is 4.85. The fourth-order valence-electron chi connectivity index (χ4n) is 2.53. The molecule has 4 heteroatoms. The molecule has 96 valence electrons. The van der Waals surface area contributed by atoms with Crippen LogP contribution >= 0.6 is 11.8 Å². The van der Waals surface area contributed by atoms with Gasteiger partial charge in [-0.15, -0.1) is 0 Å². The molecule has 1 aromatic rings. The standard InChI is InChI=1S/C13H23N3S/c1-3-17-12-7-5-4-6-11(12)15-10-13-14-8-9-16(13)2/h8-9,11-12,15H,3-7,10H2,1-2H3/t11-,12-/m1/s1. The molecule has 3 nitrogen and oxygen atoms in total. The maximum Gasteiger partial charge on any atom is 0.122 e. The molecule has 1 saturated carbocycles. The molecular formula is C13H23N3S. The largest absolute Gasteiger partial charge is 0.337 e. The first-order valence-electron chi connectivity index (χ1n) is 6.62. The average molecular weight is 253 g/mol. The van der Waals surface area contributed by atoms with E-state index in [1.165, 1.54) is 31.4 Å². The predicted octanol–water partition coefficient (Wildman–Crippen LogP) is 2.57. The highest BCUT2D eigenvalue weighted by atomic mass is 32.2. The van der Waals surface area contributed by atoms with Gasteiger partial charge in [0.1, 0.15) is 5.82 Å². The number of nitrogens with zero attached hydrogens (tertiary/aromatic N) is 2. The van der Waals surface area contributed by atoms with E-state index in [-0.39, 0.29) is 0 Å². The summed E-state index contributed by atoms with van der Waals surface area (Å²) in [6.45, 7) is 3.16. The molecule has 2 rings (SSSR count). The summed E-state index contributed by atoms with van der Waals surface area (Å²) in [6.07, 6.45) is 9.35. The number of aromatic nitrogens is 2. The molecule has 0 amide bonds. The Hall–Kier alpha value is -0.480. The molecule has 0 unspecified atom stereocenters. The van der Waals surface area contributed by atoms with Gasteiger partial charge in [-0.25, -0.2) is 4.98 Å². The number of hydrogen-bond donors (Lipinski definition) is 1. The minimum Gasteiger partial charge on any atom is -0.337 e. The second-order valence-electron chi connectivity index (χ2n) is 4.72. The molecule has 0 spiro atoms. The molecule has 0 bridgehead atoms. The first kappa shape index (κ1) is 13.0. The Morgan fingerprint density at radius 2 is 2.29 bits per heavy atom. The lowest BCUT2D eigenvalue weighted by Gasteiger charge is -2.31. The Balaban J connectivity index is 1.86. The van der Waals surface area contributed by atoms with Gasteiger partial charge in [-0.1, -0.05) is 19.8 Å². The second-order valence-corrected chi connectivity index (χ2v) is 6.24. The van der Waals surface area contributed by atoms with E-state index >= 15 is 0 Å². The van der Waals surface area contributed by atoms with E-state index in [1.54, 1.807) is 0 Å². The average Bonchev–Trinajstić information content (AvgIpc) is 2.74. The summed E-state index contributed by atoms with van der Waals surface area (Å²) in [5, 5.41) is 4.50. The summed E-state index contributed by atoms with van der Waals surface area (Å²) in [5.74, 6) is 2.36. The van der Waals surface area contributed by atoms with Crippen molar-refractivity contribution in [2.45, 2.75) is 50.4 Å². The number of nitrogens with one attached hydrogen (secondary N) is 1. The lowest BCUT2D eigenvalue weighted by Crippen LogP contribution is -2.40. The van der Waals surface area contributed by atoms with Crippen LogP contribution < -0.4 is 5.32 Å². The van der Waals surface area contributed by atoms with Gasteiger partial charge in [-0.05, 0) is 18.6 Å². The van der Waals surface area contributed by atoms with Crippen molar-refractivity contribution in [3.63, 3.8) is 0 Å². The zero-order chi connectivity index (χ0) is 12.1. The van der Waals surface area contributed by atoms with E-state index in [9.17, 15) is 0 Å². The summed E-state index contributed by atoms with van der Waals surface area (Å²) in [7, 11) is 2.06. The van der Waals surface area contributed by atoms with Crippen LogP contribution in [0.5, 0.6) is 0 Å². The van der Waals surface area contributed by atoms with Gasteiger partial charge in [0, 0.05) is 30.7 Å². The van der Waals surface area contributed by atoms with Crippen LogP contribution in [0.25, 0.3) is 0 Å². The van der Waals surface area contributed by atoms with Crippen LogP contribution in [-0.4, -0.2) is 26.6 Å². The molecule has 1 aliphatic carbocycles. The van der Waals surface area contributed by atoms with Gasteiger partial charge in [0.15, 0.2) is 0 Å². The van der Waals surface area contributed by atoms with Crippen molar-refractivity contribution < 1.29 is 0 Å². The van der Waals surface area contributed by atoms with Gasteiger partial charge in [0.2, 0.25) is 0 Å². The first-order valence-corrected chi connectivity index (χ1v) is 7.67. The van der Waals surface area contributed by atoms with Gasteiger partial charge < -0.3 is 9.88 Å². The zero-order valence-corrected chi connectivity index (χ0v) is 11.7. The minimum atomic E-state index is 0.672. The van der Waals surface area contributed by atoms with Gasteiger partial charge in [0.25, 0.3) is 0 Å². The topological polar surface area (TPSA) is 29.9 Å². The third-order valence-electron chi connectivity index (χ3n) is 3.53. The summed E-state index contributed by atoms with van der Waals surface area (Å²) < 4.78 is 2.10. The Bertz CT molecular complexity index is 335. The minimum absolute atomic E-state index is 0.672. The smallest absolute Gasteiger partial charge is 0.122 e. The molecule has 1 fully saturated rings. The fraction of sp³-hybridized carbons (Fsp3) is 0.769. The quantitative estimate of drug-likeness (QED) is 0.874. The molecule has 1 N–H and O–H groups in total. The van der Waals surface area contributed by atoms with Crippen LogP contribution in [0.15, 0.2) is 12.4 Å². The number of hydrogen-bond acceptors (Lipinski definition) is 3. The monoisotopic (exact) mass is 253 g/mol. The lowest BCUT2D eigenvalue weighted by molar-refractivity contribution is 0.378. The van der Waals surface area contributed by atoms with Gasteiger partial charge in [-0.2, -0.15) is 11.8 Å². The fourth-order valence-corrected chi connectivity index (χ4v) is 3.76. The SMILES string of the molecule is CCS[C@@H]1CCCC[C@H]1NCc1nccn1C. The predicted molar refractivity (Wildman–Crippen MR) is 74.2 cm³/mol. The number of thioether (sulfide) groups is 1. The molecular weight excluding hydrogens is 230 g/mol. The van der Waals surface area contributed by atoms with E-state index in [1.807, 2.05) is 12.4 Å². The second kappa shape index (κ2) is 6.45. The zero-order valence-electron chi connectivity index (χ0n) is 10.9. The molecule has 2 atom stereocenters. The van der Waals surface area contributed by atoms with Gasteiger partial charge in [0.05, 0.1) is 6.54 Å². The highest BCUT2D eigenvalue weighted by Gasteiger charge is 2.24. The molecule has 1 heterocycles. The van der Waals surface area contributed by atoms with Crippen molar-refractivity contribution in [3.05, 3.63) is 18.2 Å². The highest BCUT2D eigenvalue weighted by molar-refractivity contribution is 7.99. The van der Waals surface area contributed by atoms with E-state index in [0.717, 1.165) is 17.6 Å². The van der Waals surface area contributed by atoms with E-state index in [4.69, 9.17) is 0 Å². The molecule has 0 aromatic carbocycles. The maximum absolute atomic E-state index is 4.36. The van der Waals surface area contributed by atoms with Crippen molar-refractivity contribution in [2.24, 2.45) is 7.05 Å². The van der Waals surface area contributed by atoms with Crippen molar-refractivity contribution >= 4 is 11.8 Å². The van der Waals surface area contributed by atoms with E-state index in [2.05, 4.69) is 40.6 Å². The summed E-state index contributed by atoms with van der Waals surface area (Å²) >= 11 is 2.11. The Morgan fingerprint density at radius 3 is 3.00 bits per heavy atom. The van der Waals surface area contributed by atoms with Crippen LogP contribution in [0.2, 0.25) is 0 Å². The van der Waals surface area contributed by atoms with Crippen LogP contribution in [0.4, 0.5) is 0 Å². The van der Waals surface area contributed by atoms with Crippen molar-refractivity contribution in [2.75, 3.05) is 5.75 Å². The first-order chi connectivity index (χ1) is 8.31. The number of aryl methyl sites for hydroxylation is 1. The Morgan fingerprint density at radius 1 is 1.47 bits per heavy atom. The molecule has 0 radical (unpaired) electrons. The van der Waals surface area contributed by atoms with E-state index in [0.29, 0.717) is 6.04 Å². The maximum atomic E-state index is 4.36. The molecule has 17 heavy (non-hydrogen) atoms. The highest BCUT2D eigenvalue weighted by Crippen LogP contribution is 2.28. The van der Waals surface area contributed by atoms with Crippen molar-refractivity contribution in [1.82, 2.24) is 14.9 Å². The number of rotatable bonds is 5. The Kier molecular flexibility index (Phi) is 4.92. The molecule has 1 aromatic heterocycles. The number of imidazole rings is 1. The Labute approximate surface area is 108 Å². The lowest BCUT2D eigenvalue weighted by atomic mass is 9.95. The van der Waals surface area contributed by atoms with Crippen molar-refractivity contribution in [3.8, 4) is 0 Å². The van der Waals surface area contributed by atoms with Gasteiger partial charge >= 0.3 is 0 Å². The van der Waals surface area contributed by atoms with Crippen LogP contribution in [0.3, 0.4) is 0 Å². The molecule has 1 aliphatic rings. The molecule has 0 saturated heterocycles. The van der Waals surface area contributed by atoms with Crippen molar-refractivity contribution in [1.29, 1.82) is 0 Å². The third kappa shape index (κ3) is 3.49.